The summed E-state index contributed by atoms with van der Waals surface area (Å²) in [5, 5.41) is 3.96. The lowest BCUT2D eigenvalue weighted by atomic mass is 10.1. The van der Waals surface area contributed by atoms with Crippen LogP contribution in [0.4, 0.5) is 0 Å². The summed E-state index contributed by atoms with van der Waals surface area (Å²) >= 11 is 0. The second-order valence-electron chi connectivity index (χ2n) is 4.20. The van der Waals surface area contributed by atoms with Gasteiger partial charge in [0.15, 0.2) is 12.4 Å². The lowest BCUT2D eigenvalue weighted by Crippen LogP contribution is -2.40. The van der Waals surface area contributed by atoms with Crippen LogP contribution in [0.5, 0.6) is 0 Å². The molecule has 0 aliphatic carbocycles. The van der Waals surface area contributed by atoms with E-state index < -0.39 is 0 Å². The minimum atomic E-state index is -0.152. The van der Waals surface area contributed by atoms with Crippen molar-refractivity contribution in [1.29, 1.82) is 0 Å². The molecular formula is C15H16N3O+. The van der Waals surface area contributed by atoms with Gasteiger partial charge in [0.1, 0.15) is 0 Å². The fraction of sp³-hybridized carbons (Fsp3) is 0.133. The van der Waals surface area contributed by atoms with Crippen LogP contribution < -0.4 is 9.99 Å². The predicted molar refractivity (Wildman–Crippen MR) is 73.6 cm³/mol. The summed E-state index contributed by atoms with van der Waals surface area (Å²) in [6.07, 6.45) is 5.33. The fourth-order valence-electron chi connectivity index (χ4n) is 1.65. The highest BCUT2D eigenvalue weighted by Crippen LogP contribution is 2.02. The fourth-order valence-corrected chi connectivity index (χ4v) is 1.65. The second kappa shape index (κ2) is 6.44. The van der Waals surface area contributed by atoms with Gasteiger partial charge >= 0.3 is 5.91 Å². The number of nitrogens with one attached hydrogen (secondary N) is 1. The predicted octanol–water partition coefficient (Wildman–Crippen LogP) is 1.43. The first-order valence-corrected chi connectivity index (χ1v) is 6.07. The maximum atomic E-state index is 11.6. The largest absolute Gasteiger partial charge is 0.305 e. The van der Waals surface area contributed by atoms with Crippen molar-refractivity contribution in [2.75, 3.05) is 0 Å². The molecule has 0 fully saturated rings. The highest BCUT2D eigenvalue weighted by Gasteiger charge is 2.06. The number of pyridine rings is 1. The Balaban J connectivity index is 1.89. The van der Waals surface area contributed by atoms with E-state index in [-0.39, 0.29) is 12.5 Å². The number of aromatic nitrogens is 1. The van der Waals surface area contributed by atoms with E-state index in [9.17, 15) is 4.79 Å². The molecule has 0 aliphatic rings. The van der Waals surface area contributed by atoms with E-state index in [4.69, 9.17) is 0 Å². The number of rotatable bonds is 4. The highest BCUT2D eigenvalue weighted by molar-refractivity contribution is 5.83. The summed E-state index contributed by atoms with van der Waals surface area (Å²) in [6, 6.07) is 13.5. The van der Waals surface area contributed by atoms with Crippen molar-refractivity contribution >= 4 is 12.1 Å². The first-order valence-electron chi connectivity index (χ1n) is 6.07. The van der Waals surface area contributed by atoms with Crippen LogP contribution in [0.25, 0.3) is 0 Å². The maximum Gasteiger partial charge on any atom is 0.305 e. The molecule has 1 amide bonds. The molecule has 0 saturated heterocycles. The molecular weight excluding hydrogens is 238 g/mol. The molecule has 2 rings (SSSR count). The maximum absolute atomic E-state index is 11.6. The van der Waals surface area contributed by atoms with Crippen LogP contribution in [0.15, 0.2) is 60.0 Å². The molecule has 96 valence electrons. The van der Waals surface area contributed by atoms with Crippen molar-refractivity contribution in [1.82, 2.24) is 5.43 Å². The Bertz CT molecular complexity index is 579. The van der Waals surface area contributed by atoms with Crippen molar-refractivity contribution in [3.05, 3.63) is 66.0 Å². The van der Waals surface area contributed by atoms with Crippen molar-refractivity contribution < 1.29 is 9.36 Å². The van der Waals surface area contributed by atoms with E-state index in [1.54, 1.807) is 10.8 Å². The molecule has 0 atom stereocenters. The first-order chi connectivity index (χ1) is 9.25. The second-order valence-corrected chi connectivity index (χ2v) is 4.20. The van der Waals surface area contributed by atoms with E-state index in [1.165, 1.54) is 0 Å². The lowest BCUT2D eigenvalue weighted by Gasteiger charge is -1.99. The summed E-state index contributed by atoms with van der Waals surface area (Å²) in [4.78, 5) is 11.6. The Labute approximate surface area is 112 Å². The molecule has 0 aliphatic heterocycles. The molecule has 4 nitrogen and oxygen atoms in total. The topological polar surface area (TPSA) is 45.3 Å². The SMILES string of the molecule is Cc1ccccc1/C=N\NC(=O)C[n+]1ccccc1. The normalized spacial score (nSPS) is 10.6. The highest BCUT2D eigenvalue weighted by atomic mass is 16.2. The number of hydrogen-bond donors (Lipinski definition) is 1. The molecule has 4 heteroatoms. The minimum Gasteiger partial charge on any atom is -0.266 e. The van der Waals surface area contributed by atoms with Gasteiger partial charge in [-0.05, 0) is 18.1 Å². The molecule has 0 unspecified atom stereocenters. The third-order valence-corrected chi connectivity index (χ3v) is 2.68. The zero-order valence-electron chi connectivity index (χ0n) is 10.8. The summed E-state index contributed by atoms with van der Waals surface area (Å²) < 4.78 is 1.79. The van der Waals surface area contributed by atoms with Gasteiger partial charge in [0.2, 0.25) is 6.54 Å². The number of hydrogen-bond acceptors (Lipinski definition) is 2. The van der Waals surface area contributed by atoms with Gasteiger partial charge in [-0.3, -0.25) is 4.79 Å². The Morgan fingerprint density at radius 1 is 1.21 bits per heavy atom. The van der Waals surface area contributed by atoms with Crippen molar-refractivity contribution in [2.24, 2.45) is 5.10 Å². The number of carbonyl (C=O) groups is 1. The van der Waals surface area contributed by atoms with Gasteiger partial charge < -0.3 is 0 Å². The third-order valence-electron chi connectivity index (χ3n) is 2.68. The van der Waals surface area contributed by atoms with Crippen LogP contribution in [0.2, 0.25) is 0 Å². The van der Waals surface area contributed by atoms with Gasteiger partial charge in [-0.15, -0.1) is 0 Å². The van der Waals surface area contributed by atoms with Gasteiger partial charge in [-0.2, -0.15) is 9.67 Å². The number of carbonyl (C=O) groups excluding carboxylic acids is 1. The van der Waals surface area contributed by atoms with Gasteiger partial charge in [0, 0.05) is 12.1 Å². The van der Waals surface area contributed by atoms with E-state index >= 15 is 0 Å². The summed E-state index contributed by atoms with van der Waals surface area (Å²) in [6.45, 7) is 2.26. The van der Waals surface area contributed by atoms with E-state index in [2.05, 4.69) is 10.5 Å². The van der Waals surface area contributed by atoms with Crippen LogP contribution in [0.3, 0.4) is 0 Å². The average molecular weight is 254 g/mol. The molecule has 0 radical (unpaired) electrons. The average Bonchev–Trinajstić information content (AvgIpc) is 2.42. The number of aryl methyl sites for hydroxylation is 1. The molecule has 0 saturated carbocycles. The molecule has 0 bridgehead atoms. The van der Waals surface area contributed by atoms with Crippen molar-refractivity contribution in [3.63, 3.8) is 0 Å². The molecule has 1 heterocycles. The smallest absolute Gasteiger partial charge is 0.266 e. The van der Waals surface area contributed by atoms with Gasteiger partial charge in [0.25, 0.3) is 0 Å². The van der Waals surface area contributed by atoms with E-state index in [0.29, 0.717) is 0 Å². The van der Waals surface area contributed by atoms with Gasteiger partial charge in [0.05, 0.1) is 6.21 Å². The summed E-state index contributed by atoms with van der Waals surface area (Å²) in [5.74, 6) is -0.152. The number of amides is 1. The monoisotopic (exact) mass is 254 g/mol. The van der Waals surface area contributed by atoms with Crippen molar-refractivity contribution in [3.8, 4) is 0 Å². The van der Waals surface area contributed by atoms with Crippen LogP contribution in [0, 0.1) is 6.92 Å². The molecule has 1 N–H and O–H groups in total. The Hall–Kier alpha value is -2.49. The zero-order valence-corrected chi connectivity index (χ0v) is 10.8. The van der Waals surface area contributed by atoms with E-state index in [0.717, 1.165) is 11.1 Å². The number of benzene rings is 1. The number of nitrogens with zero attached hydrogens (tertiary/aromatic N) is 2. The molecule has 1 aromatic carbocycles. The van der Waals surface area contributed by atoms with Crippen LogP contribution in [0.1, 0.15) is 11.1 Å². The van der Waals surface area contributed by atoms with Gasteiger partial charge in [-0.25, -0.2) is 5.43 Å². The third kappa shape index (κ3) is 4.03. The standard InChI is InChI=1S/C15H15N3O/c1-13-7-3-4-8-14(13)11-16-17-15(19)12-18-9-5-2-6-10-18/h2-11H,12H2,1H3/p+1/b16-11-. The molecule has 2 aromatic rings. The molecule has 1 aromatic heterocycles. The first kappa shape index (κ1) is 13.0. The molecule has 0 spiro atoms. The van der Waals surface area contributed by atoms with E-state index in [1.807, 2.05) is 61.8 Å². The van der Waals surface area contributed by atoms with Crippen LogP contribution in [-0.4, -0.2) is 12.1 Å². The summed E-state index contributed by atoms with van der Waals surface area (Å²) in [7, 11) is 0. The Kier molecular flexibility index (Phi) is 4.39. The van der Waals surface area contributed by atoms with Crippen LogP contribution >= 0.6 is 0 Å². The summed E-state index contributed by atoms with van der Waals surface area (Å²) in [5.41, 5.74) is 4.64. The zero-order chi connectivity index (χ0) is 13.5. The molecule has 19 heavy (non-hydrogen) atoms. The quantitative estimate of drug-likeness (QED) is 0.501. The van der Waals surface area contributed by atoms with Crippen LogP contribution in [-0.2, 0) is 11.3 Å². The Morgan fingerprint density at radius 2 is 1.95 bits per heavy atom. The number of hydrazone groups is 1. The lowest BCUT2D eigenvalue weighted by molar-refractivity contribution is -0.684. The minimum absolute atomic E-state index is 0.152. The van der Waals surface area contributed by atoms with Gasteiger partial charge in [-0.1, -0.05) is 30.3 Å². The Morgan fingerprint density at radius 3 is 2.68 bits per heavy atom. The van der Waals surface area contributed by atoms with Crippen molar-refractivity contribution in [2.45, 2.75) is 13.5 Å².